The van der Waals surface area contributed by atoms with E-state index in [-0.39, 0.29) is 0 Å². The van der Waals surface area contributed by atoms with Gasteiger partial charge in [-0.05, 0) is 24.5 Å². The standard InChI is InChI=1S/C16H25N3/c1-2-14-5-3-4-6-15(14)19-9-7-16(13-19)11-18(12-16)10-8-17/h3-6H,2,7-13,17H2,1H3. The Morgan fingerprint density at radius 1 is 1.21 bits per heavy atom. The molecule has 0 atom stereocenters. The van der Waals surface area contributed by atoms with Gasteiger partial charge in [-0.25, -0.2) is 0 Å². The molecular weight excluding hydrogens is 234 g/mol. The van der Waals surface area contributed by atoms with Gasteiger partial charge in [-0.2, -0.15) is 0 Å². The summed E-state index contributed by atoms with van der Waals surface area (Å²) in [5.74, 6) is 0. The third-order valence-electron chi connectivity index (χ3n) is 4.71. The fraction of sp³-hybridized carbons (Fsp3) is 0.625. The fourth-order valence-corrected chi connectivity index (χ4v) is 3.76. The average molecular weight is 259 g/mol. The van der Waals surface area contributed by atoms with Gasteiger partial charge in [0, 0.05) is 50.4 Å². The minimum atomic E-state index is 0.552. The largest absolute Gasteiger partial charge is 0.371 e. The van der Waals surface area contributed by atoms with Crippen LogP contribution >= 0.6 is 0 Å². The van der Waals surface area contributed by atoms with Gasteiger partial charge in [-0.3, -0.25) is 0 Å². The van der Waals surface area contributed by atoms with Crippen LogP contribution < -0.4 is 10.6 Å². The van der Waals surface area contributed by atoms with E-state index in [1.165, 1.54) is 43.9 Å². The highest BCUT2D eigenvalue weighted by molar-refractivity contribution is 5.55. The van der Waals surface area contributed by atoms with Crippen LogP contribution in [-0.4, -0.2) is 44.2 Å². The lowest BCUT2D eigenvalue weighted by molar-refractivity contribution is 0.0213. The predicted molar refractivity (Wildman–Crippen MR) is 80.6 cm³/mol. The molecular formula is C16H25N3. The van der Waals surface area contributed by atoms with Gasteiger partial charge in [-0.1, -0.05) is 25.1 Å². The number of nitrogens with two attached hydrogens (primary N) is 1. The maximum atomic E-state index is 5.63. The lowest BCUT2D eigenvalue weighted by atomic mass is 9.79. The SMILES string of the molecule is CCc1ccccc1N1CCC2(CN(CCN)C2)C1. The molecule has 2 aliphatic rings. The summed E-state index contributed by atoms with van der Waals surface area (Å²) in [6, 6.07) is 8.87. The molecule has 3 rings (SSSR count). The van der Waals surface area contributed by atoms with Crippen molar-refractivity contribution in [2.75, 3.05) is 44.2 Å². The van der Waals surface area contributed by atoms with Crippen LogP contribution in [0.15, 0.2) is 24.3 Å². The molecule has 2 aliphatic heterocycles. The number of para-hydroxylation sites is 1. The molecule has 3 heteroatoms. The number of benzene rings is 1. The van der Waals surface area contributed by atoms with Crippen LogP contribution in [-0.2, 0) is 6.42 Å². The number of hydrogen-bond donors (Lipinski definition) is 1. The van der Waals surface area contributed by atoms with Crippen LogP contribution in [0, 0.1) is 5.41 Å². The van der Waals surface area contributed by atoms with Crippen molar-refractivity contribution in [1.29, 1.82) is 0 Å². The summed E-state index contributed by atoms with van der Waals surface area (Å²) < 4.78 is 0. The molecule has 0 radical (unpaired) electrons. The molecule has 0 aliphatic carbocycles. The molecule has 2 N–H and O–H groups in total. The molecule has 1 aromatic carbocycles. The zero-order valence-corrected chi connectivity index (χ0v) is 11.9. The third-order valence-corrected chi connectivity index (χ3v) is 4.71. The van der Waals surface area contributed by atoms with Gasteiger partial charge in [0.05, 0.1) is 0 Å². The first-order chi connectivity index (χ1) is 9.26. The van der Waals surface area contributed by atoms with Crippen molar-refractivity contribution < 1.29 is 0 Å². The Labute approximate surface area is 116 Å². The van der Waals surface area contributed by atoms with Crippen molar-refractivity contribution in [2.24, 2.45) is 11.1 Å². The Kier molecular flexibility index (Phi) is 3.50. The summed E-state index contributed by atoms with van der Waals surface area (Å²) in [4.78, 5) is 5.09. The normalized spacial score (nSPS) is 21.9. The smallest absolute Gasteiger partial charge is 0.0398 e. The molecule has 2 fully saturated rings. The second kappa shape index (κ2) is 5.14. The lowest BCUT2D eigenvalue weighted by Crippen LogP contribution is -2.58. The van der Waals surface area contributed by atoms with E-state index in [0.717, 1.165) is 19.5 Å². The molecule has 0 saturated carbocycles. The summed E-state index contributed by atoms with van der Waals surface area (Å²) in [5, 5.41) is 0. The Morgan fingerprint density at radius 3 is 2.74 bits per heavy atom. The van der Waals surface area contributed by atoms with E-state index in [2.05, 4.69) is 41.0 Å². The summed E-state index contributed by atoms with van der Waals surface area (Å²) >= 11 is 0. The molecule has 104 valence electrons. The van der Waals surface area contributed by atoms with Gasteiger partial charge in [0.15, 0.2) is 0 Å². The quantitative estimate of drug-likeness (QED) is 0.893. The number of hydrogen-bond acceptors (Lipinski definition) is 3. The Morgan fingerprint density at radius 2 is 2.00 bits per heavy atom. The molecule has 0 amide bonds. The van der Waals surface area contributed by atoms with Crippen molar-refractivity contribution in [2.45, 2.75) is 19.8 Å². The second-order valence-corrected chi connectivity index (χ2v) is 6.15. The van der Waals surface area contributed by atoms with E-state index in [4.69, 9.17) is 5.73 Å². The van der Waals surface area contributed by atoms with Gasteiger partial charge in [-0.15, -0.1) is 0 Å². The number of anilines is 1. The van der Waals surface area contributed by atoms with Crippen LogP contribution in [0.2, 0.25) is 0 Å². The highest BCUT2D eigenvalue weighted by atomic mass is 15.3. The van der Waals surface area contributed by atoms with Crippen LogP contribution in [0.4, 0.5) is 5.69 Å². The van der Waals surface area contributed by atoms with Crippen LogP contribution in [0.1, 0.15) is 18.9 Å². The zero-order valence-electron chi connectivity index (χ0n) is 11.9. The van der Waals surface area contributed by atoms with E-state index in [1.807, 2.05) is 0 Å². The first kappa shape index (κ1) is 12.9. The highest BCUT2D eigenvalue weighted by Crippen LogP contribution is 2.41. The number of rotatable bonds is 4. The predicted octanol–water partition coefficient (Wildman–Crippen LogP) is 1.72. The number of aryl methyl sites for hydroxylation is 1. The van der Waals surface area contributed by atoms with E-state index in [9.17, 15) is 0 Å². The fourth-order valence-electron chi connectivity index (χ4n) is 3.76. The average Bonchev–Trinajstić information content (AvgIpc) is 2.84. The number of likely N-dealkylation sites (tertiary alicyclic amines) is 1. The van der Waals surface area contributed by atoms with Gasteiger partial charge in [0.2, 0.25) is 0 Å². The lowest BCUT2D eigenvalue weighted by Gasteiger charge is -2.48. The Bertz CT molecular complexity index is 437. The Hall–Kier alpha value is -1.06. The van der Waals surface area contributed by atoms with Crippen molar-refractivity contribution in [3.8, 4) is 0 Å². The van der Waals surface area contributed by atoms with Crippen molar-refractivity contribution in [3.63, 3.8) is 0 Å². The Balaban J connectivity index is 1.67. The summed E-state index contributed by atoms with van der Waals surface area (Å²) in [6.45, 7) is 9.03. The molecule has 0 bridgehead atoms. The van der Waals surface area contributed by atoms with E-state index in [0.29, 0.717) is 5.41 Å². The molecule has 19 heavy (non-hydrogen) atoms. The first-order valence-electron chi connectivity index (χ1n) is 7.52. The zero-order chi connectivity index (χ0) is 13.3. The molecule has 0 unspecified atom stereocenters. The maximum absolute atomic E-state index is 5.63. The molecule has 2 saturated heterocycles. The summed E-state index contributed by atoms with van der Waals surface area (Å²) in [7, 11) is 0. The second-order valence-electron chi connectivity index (χ2n) is 6.15. The van der Waals surface area contributed by atoms with Gasteiger partial charge in [0.25, 0.3) is 0 Å². The topological polar surface area (TPSA) is 32.5 Å². The van der Waals surface area contributed by atoms with Gasteiger partial charge in [0.1, 0.15) is 0 Å². The van der Waals surface area contributed by atoms with E-state index >= 15 is 0 Å². The van der Waals surface area contributed by atoms with Gasteiger partial charge >= 0.3 is 0 Å². The summed E-state index contributed by atoms with van der Waals surface area (Å²) in [6.07, 6.45) is 2.46. The van der Waals surface area contributed by atoms with E-state index < -0.39 is 0 Å². The minimum absolute atomic E-state index is 0.552. The molecule has 1 spiro atoms. The van der Waals surface area contributed by atoms with Crippen molar-refractivity contribution >= 4 is 5.69 Å². The first-order valence-corrected chi connectivity index (χ1v) is 7.52. The molecule has 3 nitrogen and oxygen atoms in total. The number of nitrogens with zero attached hydrogens (tertiary/aromatic N) is 2. The minimum Gasteiger partial charge on any atom is -0.371 e. The third kappa shape index (κ3) is 2.37. The molecule has 1 aromatic rings. The maximum Gasteiger partial charge on any atom is 0.0398 e. The highest BCUT2D eigenvalue weighted by Gasteiger charge is 2.47. The monoisotopic (exact) mass is 259 g/mol. The van der Waals surface area contributed by atoms with Gasteiger partial charge < -0.3 is 15.5 Å². The molecule has 0 aromatic heterocycles. The molecule has 2 heterocycles. The van der Waals surface area contributed by atoms with Crippen molar-refractivity contribution in [3.05, 3.63) is 29.8 Å². The summed E-state index contributed by atoms with van der Waals surface area (Å²) in [5.41, 5.74) is 9.12. The van der Waals surface area contributed by atoms with Crippen LogP contribution in [0.3, 0.4) is 0 Å². The van der Waals surface area contributed by atoms with Crippen molar-refractivity contribution in [1.82, 2.24) is 4.90 Å². The van der Waals surface area contributed by atoms with Crippen LogP contribution in [0.5, 0.6) is 0 Å². The van der Waals surface area contributed by atoms with Crippen LogP contribution in [0.25, 0.3) is 0 Å². The van der Waals surface area contributed by atoms with E-state index in [1.54, 1.807) is 0 Å².